The lowest BCUT2D eigenvalue weighted by Crippen LogP contribution is -2.14. The summed E-state index contributed by atoms with van der Waals surface area (Å²) in [5, 5.41) is 2.93. The van der Waals surface area contributed by atoms with E-state index in [4.69, 9.17) is 4.74 Å². The smallest absolute Gasteiger partial charge is 0.419 e. The molecule has 0 saturated heterocycles. The number of anilines is 1. The number of para-hydroxylation sites is 1. The molecule has 2 aromatic rings. The van der Waals surface area contributed by atoms with E-state index in [2.05, 4.69) is 5.32 Å². The first kappa shape index (κ1) is 15.2. The van der Waals surface area contributed by atoms with Crippen molar-refractivity contribution in [3.63, 3.8) is 0 Å². The van der Waals surface area contributed by atoms with Gasteiger partial charge in [-0.2, -0.15) is 13.2 Å². The lowest BCUT2D eigenvalue weighted by atomic mass is 10.2. The molecule has 0 radical (unpaired) electrons. The van der Waals surface area contributed by atoms with E-state index in [9.17, 15) is 17.6 Å². The van der Waals surface area contributed by atoms with E-state index in [1.54, 1.807) is 12.1 Å². The average molecular weight is 299 g/mol. The van der Waals surface area contributed by atoms with Crippen LogP contribution in [0.15, 0.2) is 48.5 Å². The first-order valence-electron chi connectivity index (χ1n) is 6.25. The van der Waals surface area contributed by atoms with Gasteiger partial charge >= 0.3 is 6.18 Å². The largest absolute Gasteiger partial charge is 0.491 e. The maximum Gasteiger partial charge on any atom is 0.419 e. The van der Waals surface area contributed by atoms with Gasteiger partial charge in [-0.3, -0.25) is 0 Å². The summed E-state index contributed by atoms with van der Waals surface area (Å²) in [7, 11) is 0. The Balaban J connectivity index is 1.88. The molecule has 112 valence electrons. The third kappa shape index (κ3) is 4.37. The second-order valence-electron chi connectivity index (χ2n) is 4.28. The lowest BCUT2D eigenvalue weighted by Gasteiger charge is -2.14. The molecule has 0 aromatic heterocycles. The Labute approximate surface area is 119 Å². The number of alkyl halides is 3. The van der Waals surface area contributed by atoms with Crippen LogP contribution < -0.4 is 10.1 Å². The van der Waals surface area contributed by atoms with Crippen molar-refractivity contribution in [3.05, 3.63) is 59.9 Å². The molecule has 0 atom stereocenters. The third-order valence-electron chi connectivity index (χ3n) is 2.73. The second-order valence-corrected chi connectivity index (χ2v) is 4.28. The van der Waals surface area contributed by atoms with Gasteiger partial charge in [0.15, 0.2) is 0 Å². The molecule has 2 rings (SSSR count). The van der Waals surface area contributed by atoms with Crippen molar-refractivity contribution >= 4 is 5.69 Å². The van der Waals surface area contributed by atoms with Gasteiger partial charge in [0.05, 0.1) is 5.56 Å². The van der Waals surface area contributed by atoms with Crippen LogP contribution in [0, 0.1) is 5.82 Å². The molecular formula is C15H13F4NO. The first-order valence-corrected chi connectivity index (χ1v) is 6.25. The highest BCUT2D eigenvalue weighted by Gasteiger charge is 2.33. The summed E-state index contributed by atoms with van der Waals surface area (Å²) in [5.41, 5.74) is -0.129. The SMILES string of the molecule is Fc1ccc(NCCOc2ccccc2C(F)(F)F)cc1. The normalized spacial score (nSPS) is 11.2. The Kier molecular flexibility index (Phi) is 4.67. The Morgan fingerprint density at radius 3 is 2.29 bits per heavy atom. The predicted molar refractivity (Wildman–Crippen MR) is 71.8 cm³/mol. The second kappa shape index (κ2) is 6.47. The molecule has 2 nitrogen and oxygen atoms in total. The van der Waals surface area contributed by atoms with E-state index in [1.165, 1.54) is 30.3 Å². The molecule has 0 aliphatic heterocycles. The Hall–Kier alpha value is -2.24. The fourth-order valence-corrected chi connectivity index (χ4v) is 1.75. The van der Waals surface area contributed by atoms with Gasteiger partial charge in [-0.1, -0.05) is 12.1 Å². The fourth-order valence-electron chi connectivity index (χ4n) is 1.75. The summed E-state index contributed by atoms with van der Waals surface area (Å²) in [4.78, 5) is 0. The minimum absolute atomic E-state index is 0.0600. The minimum Gasteiger partial charge on any atom is -0.491 e. The number of rotatable bonds is 5. The summed E-state index contributed by atoms with van der Waals surface area (Å²) >= 11 is 0. The van der Waals surface area contributed by atoms with Crippen LogP contribution in [0.25, 0.3) is 0 Å². The van der Waals surface area contributed by atoms with Crippen molar-refractivity contribution in [2.45, 2.75) is 6.18 Å². The van der Waals surface area contributed by atoms with Gasteiger partial charge in [-0.05, 0) is 36.4 Å². The number of halogens is 4. The van der Waals surface area contributed by atoms with Gasteiger partial charge in [0.1, 0.15) is 18.2 Å². The van der Waals surface area contributed by atoms with Crippen molar-refractivity contribution in [3.8, 4) is 5.75 Å². The molecule has 0 aliphatic carbocycles. The van der Waals surface area contributed by atoms with Gasteiger partial charge in [-0.15, -0.1) is 0 Å². The molecule has 1 N–H and O–H groups in total. The summed E-state index contributed by atoms with van der Waals surface area (Å²) < 4.78 is 56.0. The summed E-state index contributed by atoms with van der Waals surface area (Å²) in [5.74, 6) is -0.554. The van der Waals surface area contributed by atoms with E-state index < -0.39 is 11.7 Å². The van der Waals surface area contributed by atoms with Crippen molar-refractivity contribution in [1.82, 2.24) is 0 Å². The van der Waals surface area contributed by atoms with Gasteiger partial charge in [0.2, 0.25) is 0 Å². The highest BCUT2D eigenvalue weighted by Crippen LogP contribution is 2.35. The summed E-state index contributed by atoms with van der Waals surface area (Å²) in [6.45, 7) is 0.363. The summed E-state index contributed by atoms with van der Waals surface area (Å²) in [6, 6.07) is 10.7. The van der Waals surface area contributed by atoms with Crippen LogP contribution in [0.1, 0.15) is 5.56 Å². The maximum atomic E-state index is 12.7. The van der Waals surface area contributed by atoms with Crippen LogP contribution in [0.5, 0.6) is 5.75 Å². The molecule has 0 amide bonds. The van der Waals surface area contributed by atoms with E-state index in [0.717, 1.165) is 6.07 Å². The molecule has 0 spiro atoms. The first-order chi connectivity index (χ1) is 9.97. The quantitative estimate of drug-likeness (QED) is 0.655. The number of nitrogens with one attached hydrogen (secondary N) is 1. The van der Waals surface area contributed by atoms with Crippen molar-refractivity contribution in [1.29, 1.82) is 0 Å². The van der Waals surface area contributed by atoms with Crippen LogP contribution in [-0.2, 0) is 6.18 Å². The van der Waals surface area contributed by atoms with Crippen molar-refractivity contribution in [2.24, 2.45) is 0 Å². The Morgan fingerprint density at radius 2 is 1.62 bits per heavy atom. The van der Waals surface area contributed by atoms with Crippen molar-refractivity contribution < 1.29 is 22.3 Å². The van der Waals surface area contributed by atoms with Crippen LogP contribution in [0.3, 0.4) is 0 Å². The van der Waals surface area contributed by atoms with Crippen LogP contribution in [0.4, 0.5) is 23.2 Å². The molecule has 6 heteroatoms. The van der Waals surface area contributed by atoms with E-state index in [0.29, 0.717) is 12.2 Å². The molecule has 21 heavy (non-hydrogen) atoms. The van der Waals surface area contributed by atoms with Crippen LogP contribution >= 0.6 is 0 Å². The van der Waals surface area contributed by atoms with E-state index in [1.807, 2.05) is 0 Å². The highest BCUT2D eigenvalue weighted by molar-refractivity contribution is 5.42. The highest BCUT2D eigenvalue weighted by atomic mass is 19.4. The molecule has 0 aliphatic rings. The lowest BCUT2D eigenvalue weighted by molar-refractivity contribution is -0.138. The van der Waals surface area contributed by atoms with E-state index >= 15 is 0 Å². The molecule has 0 unspecified atom stereocenters. The fraction of sp³-hybridized carbons (Fsp3) is 0.200. The van der Waals surface area contributed by atoms with Crippen LogP contribution in [0.2, 0.25) is 0 Å². The van der Waals surface area contributed by atoms with Gasteiger partial charge in [0.25, 0.3) is 0 Å². The minimum atomic E-state index is -4.44. The number of hydrogen-bond donors (Lipinski definition) is 1. The molecule has 0 fully saturated rings. The molecule has 0 heterocycles. The van der Waals surface area contributed by atoms with Gasteiger partial charge in [-0.25, -0.2) is 4.39 Å². The molecule has 0 saturated carbocycles. The van der Waals surface area contributed by atoms with Crippen LogP contribution in [-0.4, -0.2) is 13.2 Å². The van der Waals surface area contributed by atoms with Crippen molar-refractivity contribution in [2.75, 3.05) is 18.5 Å². The van der Waals surface area contributed by atoms with E-state index in [-0.39, 0.29) is 18.2 Å². The maximum absolute atomic E-state index is 12.7. The summed E-state index contributed by atoms with van der Waals surface area (Å²) in [6.07, 6.45) is -4.44. The average Bonchev–Trinajstić information content (AvgIpc) is 2.45. The topological polar surface area (TPSA) is 21.3 Å². The number of hydrogen-bond acceptors (Lipinski definition) is 2. The molecule has 2 aromatic carbocycles. The zero-order valence-corrected chi connectivity index (χ0v) is 11.0. The third-order valence-corrected chi connectivity index (χ3v) is 2.73. The number of benzene rings is 2. The molecular weight excluding hydrogens is 286 g/mol. The standard InChI is InChI=1S/C15H13F4NO/c16-11-5-7-12(8-6-11)20-9-10-21-14-4-2-1-3-13(14)15(17,18)19/h1-8,20H,9-10H2. The van der Waals surface area contributed by atoms with Gasteiger partial charge in [0, 0.05) is 12.2 Å². The Morgan fingerprint density at radius 1 is 0.952 bits per heavy atom. The molecule has 0 bridgehead atoms. The Bertz CT molecular complexity index is 581. The predicted octanol–water partition coefficient (Wildman–Crippen LogP) is 4.34. The number of ether oxygens (including phenoxy) is 1. The monoisotopic (exact) mass is 299 g/mol. The van der Waals surface area contributed by atoms with Gasteiger partial charge < -0.3 is 10.1 Å². The zero-order chi connectivity index (χ0) is 15.3. The zero-order valence-electron chi connectivity index (χ0n) is 11.0.